The number of hydrogen-bond acceptors (Lipinski definition) is 3. The highest BCUT2D eigenvalue weighted by Crippen LogP contribution is 2.31. The molecule has 0 unspecified atom stereocenters. The Bertz CT molecular complexity index is 667. The Kier molecular flexibility index (Phi) is 3.69. The average molecular weight is 281 g/mol. The zero-order chi connectivity index (χ0) is 14.7. The minimum absolute atomic E-state index is 0.00579. The lowest BCUT2D eigenvalue weighted by atomic mass is 10.1. The molecule has 3 rings (SSSR count). The van der Waals surface area contributed by atoms with E-state index in [1.807, 2.05) is 42.5 Å². The van der Waals surface area contributed by atoms with Crippen LogP contribution in [0.5, 0.6) is 5.75 Å². The third kappa shape index (κ3) is 2.94. The number of Topliss-reactive ketones (excluding diaryl/α,β-unsaturated/α-hetero) is 1. The maximum Gasteiger partial charge on any atom is 0.265 e. The van der Waals surface area contributed by atoms with Gasteiger partial charge in [0.25, 0.3) is 5.91 Å². The first-order chi connectivity index (χ1) is 10.2. The molecular weight excluding hydrogens is 266 g/mol. The number of para-hydroxylation sites is 2. The molecule has 0 N–H and O–H groups in total. The second-order valence-corrected chi connectivity index (χ2v) is 4.94. The van der Waals surface area contributed by atoms with Crippen molar-refractivity contribution < 1.29 is 14.3 Å². The number of hydrogen-bond donors (Lipinski definition) is 0. The fourth-order valence-corrected chi connectivity index (χ4v) is 2.38. The summed E-state index contributed by atoms with van der Waals surface area (Å²) in [5, 5.41) is 0. The van der Waals surface area contributed by atoms with Gasteiger partial charge in [0.2, 0.25) is 0 Å². The van der Waals surface area contributed by atoms with Gasteiger partial charge in [0.1, 0.15) is 5.75 Å². The van der Waals surface area contributed by atoms with Gasteiger partial charge in [0, 0.05) is 6.42 Å². The van der Waals surface area contributed by atoms with Crippen molar-refractivity contribution in [3.63, 3.8) is 0 Å². The molecule has 106 valence electrons. The highest BCUT2D eigenvalue weighted by Gasteiger charge is 2.26. The molecule has 0 spiro atoms. The van der Waals surface area contributed by atoms with E-state index in [1.54, 1.807) is 12.1 Å². The lowest BCUT2D eigenvalue weighted by Crippen LogP contribution is -2.42. The summed E-state index contributed by atoms with van der Waals surface area (Å²) in [5.74, 6) is 0.464. The van der Waals surface area contributed by atoms with E-state index in [4.69, 9.17) is 4.74 Å². The molecule has 0 aromatic heterocycles. The van der Waals surface area contributed by atoms with Gasteiger partial charge in [-0.2, -0.15) is 0 Å². The second-order valence-electron chi connectivity index (χ2n) is 4.94. The molecule has 4 nitrogen and oxygen atoms in total. The molecule has 0 saturated carbocycles. The number of ketones is 1. The maximum absolute atomic E-state index is 12.2. The van der Waals surface area contributed by atoms with Crippen molar-refractivity contribution in [1.82, 2.24) is 0 Å². The molecule has 1 amide bonds. The number of carbonyl (C=O) groups excluding carboxylic acids is 2. The number of carbonyl (C=O) groups is 2. The number of benzene rings is 2. The zero-order valence-corrected chi connectivity index (χ0v) is 11.5. The lowest BCUT2D eigenvalue weighted by Gasteiger charge is -2.28. The van der Waals surface area contributed by atoms with Crippen molar-refractivity contribution >= 4 is 17.4 Å². The monoisotopic (exact) mass is 281 g/mol. The molecule has 4 heteroatoms. The fraction of sp³-hybridized carbons (Fsp3) is 0.176. The van der Waals surface area contributed by atoms with Crippen molar-refractivity contribution in [2.45, 2.75) is 6.42 Å². The van der Waals surface area contributed by atoms with Crippen LogP contribution in [0.15, 0.2) is 54.6 Å². The van der Waals surface area contributed by atoms with Crippen LogP contribution in [0.3, 0.4) is 0 Å². The van der Waals surface area contributed by atoms with E-state index < -0.39 is 0 Å². The van der Waals surface area contributed by atoms with Crippen LogP contribution in [0.2, 0.25) is 0 Å². The molecule has 2 aromatic carbocycles. The van der Waals surface area contributed by atoms with Crippen molar-refractivity contribution in [2.24, 2.45) is 0 Å². The first-order valence-corrected chi connectivity index (χ1v) is 6.82. The topological polar surface area (TPSA) is 46.6 Å². The Morgan fingerprint density at radius 3 is 2.57 bits per heavy atom. The van der Waals surface area contributed by atoms with Gasteiger partial charge in [-0.15, -0.1) is 0 Å². The number of amides is 1. The summed E-state index contributed by atoms with van der Waals surface area (Å²) in [7, 11) is 0. The largest absolute Gasteiger partial charge is 0.482 e. The van der Waals surface area contributed by atoms with Crippen LogP contribution in [-0.4, -0.2) is 24.8 Å². The molecule has 1 heterocycles. The maximum atomic E-state index is 12.2. The van der Waals surface area contributed by atoms with Crippen molar-refractivity contribution in [3.05, 3.63) is 60.2 Å². The first kappa shape index (κ1) is 13.4. The number of anilines is 1. The number of nitrogens with zero attached hydrogens (tertiary/aromatic N) is 1. The van der Waals surface area contributed by atoms with Crippen LogP contribution >= 0.6 is 0 Å². The van der Waals surface area contributed by atoms with E-state index in [-0.39, 0.29) is 24.8 Å². The van der Waals surface area contributed by atoms with Crippen LogP contribution in [0.1, 0.15) is 5.56 Å². The lowest BCUT2D eigenvalue weighted by molar-refractivity contribution is -0.124. The number of ether oxygens (including phenoxy) is 1. The Labute approximate surface area is 123 Å². The molecule has 1 aliphatic heterocycles. The third-order valence-electron chi connectivity index (χ3n) is 3.39. The Morgan fingerprint density at radius 2 is 1.76 bits per heavy atom. The minimum Gasteiger partial charge on any atom is -0.482 e. The van der Waals surface area contributed by atoms with Gasteiger partial charge in [-0.1, -0.05) is 42.5 Å². The van der Waals surface area contributed by atoms with Gasteiger partial charge in [-0.3, -0.25) is 14.5 Å². The SMILES string of the molecule is O=C(Cc1ccccc1)CN1C(=O)COc2ccccc21. The van der Waals surface area contributed by atoms with Gasteiger partial charge in [-0.25, -0.2) is 0 Å². The predicted molar refractivity (Wildman–Crippen MR) is 79.4 cm³/mol. The molecule has 0 radical (unpaired) electrons. The second kappa shape index (κ2) is 5.79. The van der Waals surface area contributed by atoms with Gasteiger partial charge in [-0.05, 0) is 17.7 Å². The third-order valence-corrected chi connectivity index (χ3v) is 3.39. The van der Waals surface area contributed by atoms with Crippen molar-refractivity contribution in [1.29, 1.82) is 0 Å². The van der Waals surface area contributed by atoms with Crippen LogP contribution in [0.25, 0.3) is 0 Å². The van der Waals surface area contributed by atoms with Crippen LogP contribution in [0.4, 0.5) is 5.69 Å². The highest BCUT2D eigenvalue weighted by atomic mass is 16.5. The summed E-state index contributed by atoms with van der Waals surface area (Å²) in [6, 6.07) is 16.8. The molecule has 0 atom stereocenters. The van der Waals surface area contributed by atoms with E-state index in [0.29, 0.717) is 17.9 Å². The molecule has 1 aliphatic rings. The fourth-order valence-electron chi connectivity index (χ4n) is 2.38. The molecule has 2 aromatic rings. The molecular formula is C17H15NO3. The van der Waals surface area contributed by atoms with E-state index in [2.05, 4.69) is 0 Å². The summed E-state index contributed by atoms with van der Waals surface area (Å²) in [4.78, 5) is 25.7. The van der Waals surface area contributed by atoms with E-state index in [9.17, 15) is 9.59 Å². The molecule has 0 bridgehead atoms. The van der Waals surface area contributed by atoms with Crippen LogP contribution in [-0.2, 0) is 16.0 Å². The van der Waals surface area contributed by atoms with Crippen LogP contribution in [0, 0.1) is 0 Å². The van der Waals surface area contributed by atoms with Gasteiger partial charge in [0.15, 0.2) is 12.4 Å². The average Bonchev–Trinajstić information content (AvgIpc) is 2.51. The standard InChI is InChI=1S/C17H15NO3/c19-14(10-13-6-2-1-3-7-13)11-18-15-8-4-5-9-16(15)21-12-17(18)20/h1-9H,10-12H2. The highest BCUT2D eigenvalue weighted by molar-refractivity contribution is 6.02. The Balaban J connectivity index is 1.75. The quantitative estimate of drug-likeness (QED) is 0.863. The Hall–Kier alpha value is -2.62. The van der Waals surface area contributed by atoms with Gasteiger partial charge in [0.05, 0.1) is 12.2 Å². The molecule has 0 saturated heterocycles. The Morgan fingerprint density at radius 1 is 1.05 bits per heavy atom. The minimum atomic E-state index is -0.185. The first-order valence-electron chi connectivity index (χ1n) is 6.82. The summed E-state index contributed by atoms with van der Waals surface area (Å²) >= 11 is 0. The van der Waals surface area contributed by atoms with Crippen molar-refractivity contribution in [3.8, 4) is 5.75 Å². The summed E-state index contributed by atoms with van der Waals surface area (Å²) in [6.07, 6.45) is 0.327. The van der Waals surface area contributed by atoms with Gasteiger partial charge < -0.3 is 4.74 Å². The van der Waals surface area contributed by atoms with Gasteiger partial charge >= 0.3 is 0 Å². The van der Waals surface area contributed by atoms with Crippen molar-refractivity contribution in [2.75, 3.05) is 18.1 Å². The van der Waals surface area contributed by atoms with Crippen LogP contribution < -0.4 is 9.64 Å². The van der Waals surface area contributed by atoms with E-state index >= 15 is 0 Å². The summed E-state index contributed by atoms with van der Waals surface area (Å²) in [5.41, 5.74) is 1.62. The predicted octanol–water partition coefficient (Wildman–Crippen LogP) is 2.22. The number of rotatable bonds is 4. The normalized spacial score (nSPS) is 13.5. The molecule has 0 aliphatic carbocycles. The molecule has 21 heavy (non-hydrogen) atoms. The molecule has 0 fully saturated rings. The zero-order valence-electron chi connectivity index (χ0n) is 11.5. The van der Waals surface area contributed by atoms with E-state index in [1.165, 1.54) is 4.90 Å². The smallest absolute Gasteiger partial charge is 0.265 e. The number of fused-ring (bicyclic) bond motifs is 1. The van der Waals surface area contributed by atoms with E-state index in [0.717, 1.165) is 5.56 Å². The summed E-state index contributed by atoms with van der Waals surface area (Å²) < 4.78 is 5.36. The summed E-state index contributed by atoms with van der Waals surface area (Å²) in [6.45, 7) is 0.0593.